The quantitative estimate of drug-likeness (QED) is 0.793. The topological polar surface area (TPSA) is 52.0 Å². The lowest BCUT2D eigenvalue weighted by molar-refractivity contribution is 0.0849. The minimum atomic E-state index is -0.0234. The average Bonchev–Trinajstić information content (AvgIpc) is 2.18. The molecule has 4 N–H and O–H groups in total. The molecule has 0 saturated heterocycles. The highest BCUT2D eigenvalue weighted by Gasteiger charge is 2.44. The molecule has 0 aliphatic heterocycles. The molecule has 0 aromatic rings. The van der Waals surface area contributed by atoms with Crippen LogP contribution in [0.4, 0.5) is 0 Å². The monoisotopic (exact) mass is 240 g/mol. The summed E-state index contributed by atoms with van der Waals surface area (Å²) in [4.78, 5) is 0. The van der Waals surface area contributed by atoms with Crippen molar-refractivity contribution in [2.24, 2.45) is 35.1 Å². The highest BCUT2D eigenvalue weighted by Crippen LogP contribution is 2.41. The maximum absolute atomic E-state index is 6.73. The summed E-state index contributed by atoms with van der Waals surface area (Å²) < 4.78 is 0. The van der Waals surface area contributed by atoms with Gasteiger partial charge in [0.2, 0.25) is 0 Å². The SMILES string of the molecule is CC(C)CC1C(N)C(C)CCC1(N)CC(C)C. The van der Waals surface area contributed by atoms with Crippen molar-refractivity contribution < 1.29 is 0 Å². The maximum Gasteiger partial charge on any atom is 0.0200 e. The first-order valence-electron chi connectivity index (χ1n) is 7.30. The zero-order chi connectivity index (χ0) is 13.2. The molecule has 4 unspecified atom stereocenters. The van der Waals surface area contributed by atoms with Gasteiger partial charge in [0.25, 0.3) is 0 Å². The molecular formula is C15H32N2. The molecule has 102 valence electrons. The van der Waals surface area contributed by atoms with E-state index in [1.165, 1.54) is 12.8 Å². The fourth-order valence-electron chi connectivity index (χ4n) is 3.57. The molecule has 0 heterocycles. The van der Waals surface area contributed by atoms with E-state index in [-0.39, 0.29) is 11.6 Å². The maximum atomic E-state index is 6.73. The van der Waals surface area contributed by atoms with Crippen molar-refractivity contribution in [2.75, 3.05) is 0 Å². The van der Waals surface area contributed by atoms with Crippen molar-refractivity contribution in [1.29, 1.82) is 0 Å². The summed E-state index contributed by atoms with van der Waals surface area (Å²) in [5.74, 6) is 2.47. The van der Waals surface area contributed by atoms with Crippen LogP contribution in [0, 0.1) is 23.7 Å². The summed E-state index contributed by atoms with van der Waals surface area (Å²) in [6.07, 6.45) is 4.63. The lowest BCUT2D eigenvalue weighted by Crippen LogP contribution is -2.60. The van der Waals surface area contributed by atoms with E-state index in [0.29, 0.717) is 23.7 Å². The van der Waals surface area contributed by atoms with E-state index in [1.807, 2.05) is 0 Å². The van der Waals surface area contributed by atoms with E-state index < -0.39 is 0 Å². The number of nitrogens with two attached hydrogens (primary N) is 2. The molecule has 0 aromatic carbocycles. The van der Waals surface area contributed by atoms with Crippen LogP contribution in [0.1, 0.15) is 60.3 Å². The first-order valence-corrected chi connectivity index (χ1v) is 7.30. The van der Waals surface area contributed by atoms with Gasteiger partial charge in [-0.05, 0) is 49.4 Å². The second-order valence-corrected chi connectivity index (χ2v) is 7.16. The van der Waals surface area contributed by atoms with Crippen LogP contribution in [0.15, 0.2) is 0 Å². The molecule has 17 heavy (non-hydrogen) atoms. The van der Waals surface area contributed by atoms with Crippen molar-refractivity contribution in [2.45, 2.75) is 71.9 Å². The zero-order valence-electron chi connectivity index (χ0n) is 12.4. The Balaban J connectivity index is 2.84. The molecule has 1 aliphatic carbocycles. The van der Waals surface area contributed by atoms with E-state index in [9.17, 15) is 0 Å². The minimum Gasteiger partial charge on any atom is -0.327 e. The standard InChI is InChI=1S/C15H32N2/c1-10(2)8-13-14(16)12(5)6-7-15(13,17)9-11(3)4/h10-14H,6-9,16-17H2,1-5H3. The Morgan fingerprint density at radius 3 is 2.24 bits per heavy atom. The summed E-state index contributed by atoms with van der Waals surface area (Å²) >= 11 is 0. The van der Waals surface area contributed by atoms with Crippen molar-refractivity contribution in [3.8, 4) is 0 Å². The van der Waals surface area contributed by atoms with E-state index in [4.69, 9.17) is 11.5 Å². The Labute approximate surface area is 108 Å². The molecule has 1 aliphatic rings. The molecule has 1 fully saturated rings. The van der Waals surface area contributed by atoms with Crippen molar-refractivity contribution in [1.82, 2.24) is 0 Å². The van der Waals surface area contributed by atoms with Crippen LogP contribution in [0.25, 0.3) is 0 Å². The number of rotatable bonds is 4. The molecule has 2 heteroatoms. The van der Waals surface area contributed by atoms with Crippen LogP contribution in [0.3, 0.4) is 0 Å². The third kappa shape index (κ3) is 3.69. The summed E-state index contributed by atoms with van der Waals surface area (Å²) in [6, 6.07) is 0.287. The van der Waals surface area contributed by atoms with E-state index in [0.717, 1.165) is 12.8 Å². The second-order valence-electron chi connectivity index (χ2n) is 7.16. The lowest BCUT2D eigenvalue weighted by Gasteiger charge is -2.49. The highest BCUT2D eigenvalue weighted by atomic mass is 14.8. The summed E-state index contributed by atoms with van der Waals surface area (Å²) in [5.41, 5.74) is 13.1. The Bertz CT molecular complexity index is 237. The van der Waals surface area contributed by atoms with Crippen LogP contribution in [-0.2, 0) is 0 Å². The van der Waals surface area contributed by atoms with Gasteiger partial charge in [-0.2, -0.15) is 0 Å². The van der Waals surface area contributed by atoms with Gasteiger partial charge in [-0.3, -0.25) is 0 Å². The Kier molecular flexibility index (Phi) is 5.03. The lowest BCUT2D eigenvalue weighted by atomic mass is 9.62. The first-order chi connectivity index (χ1) is 7.76. The van der Waals surface area contributed by atoms with Crippen LogP contribution < -0.4 is 11.5 Å². The third-order valence-corrected chi connectivity index (χ3v) is 4.44. The average molecular weight is 240 g/mol. The molecule has 2 nitrogen and oxygen atoms in total. The molecular weight excluding hydrogens is 208 g/mol. The van der Waals surface area contributed by atoms with Gasteiger partial charge in [-0.1, -0.05) is 34.6 Å². The second kappa shape index (κ2) is 5.71. The van der Waals surface area contributed by atoms with Gasteiger partial charge in [-0.25, -0.2) is 0 Å². The fraction of sp³-hybridized carbons (Fsp3) is 1.00. The van der Waals surface area contributed by atoms with Gasteiger partial charge in [0.15, 0.2) is 0 Å². The van der Waals surface area contributed by atoms with Gasteiger partial charge < -0.3 is 11.5 Å². The van der Waals surface area contributed by atoms with E-state index >= 15 is 0 Å². The van der Waals surface area contributed by atoms with Crippen molar-refractivity contribution >= 4 is 0 Å². The normalized spacial score (nSPS) is 39.0. The molecule has 1 rings (SSSR count). The highest BCUT2D eigenvalue weighted by molar-refractivity contribution is 5.02. The van der Waals surface area contributed by atoms with Crippen molar-refractivity contribution in [3.63, 3.8) is 0 Å². The van der Waals surface area contributed by atoms with Crippen LogP contribution in [0.2, 0.25) is 0 Å². The number of hydrogen-bond donors (Lipinski definition) is 2. The Morgan fingerprint density at radius 2 is 1.76 bits per heavy atom. The molecule has 0 radical (unpaired) electrons. The largest absolute Gasteiger partial charge is 0.327 e. The van der Waals surface area contributed by atoms with Crippen LogP contribution >= 0.6 is 0 Å². The van der Waals surface area contributed by atoms with Crippen LogP contribution in [0.5, 0.6) is 0 Å². The predicted molar refractivity (Wildman–Crippen MR) is 75.7 cm³/mol. The van der Waals surface area contributed by atoms with E-state index in [2.05, 4.69) is 34.6 Å². The van der Waals surface area contributed by atoms with Crippen LogP contribution in [-0.4, -0.2) is 11.6 Å². The van der Waals surface area contributed by atoms with Gasteiger partial charge >= 0.3 is 0 Å². The third-order valence-electron chi connectivity index (χ3n) is 4.44. The number of hydrogen-bond acceptors (Lipinski definition) is 2. The fourth-order valence-corrected chi connectivity index (χ4v) is 3.57. The van der Waals surface area contributed by atoms with E-state index in [1.54, 1.807) is 0 Å². The molecule has 1 saturated carbocycles. The molecule has 0 bridgehead atoms. The van der Waals surface area contributed by atoms with Gasteiger partial charge in [0, 0.05) is 11.6 Å². The molecule has 4 atom stereocenters. The summed E-state index contributed by atoms with van der Waals surface area (Å²) in [7, 11) is 0. The van der Waals surface area contributed by atoms with Gasteiger partial charge in [0.05, 0.1) is 0 Å². The smallest absolute Gasteiger partial charge is 0.0200 e. The predicted octanol–water partition coefficient (Wildman–Crippen LogP) is 3.15. The van der Waals surface area contributed by atoms with Crippen molar-refractivity contribution in [3.05, 3.63) is 0 Å². The summed E-state index contributed by atoms with van der Waals surface area (Å²) in [5, 5.41) is 0. The molecule has 0 amide bonds. The Hall–Kier alpha value is -0.0800. The molecule has 0 spiro atoms. The summed E-state index contributed by atoms with van der Waals surface area (Å²) in [6.45, 7) is 11.4. The first kappa shape index (κ1) is 15.0. The Morgan fingerprint density at radius 1 is 1.18 bits per heavy atom. The van der Waals surface area contributed by atoms with Gasteiger partial charge in [0.1, 0.15) is 0 Å². The molecule has 0 aromatic heterocycles. The minimum absolute atomic E-state index is 0.0234. The zero-order valence-corrected chi connectivity index (χ0v) is 12.4. The van der Waals surface area contributed by atoms with Gasteiger partial charge in [-0.15, -0.1) is 0 Å².